The van der Waals surface area contributed by atoms with Gasteiger partial charge in [-0.2, -0.15) is 0 Å². The van der Waals surface area contributed by atoms with Gasteiger partial charge in [0.2, 0.25) is 10.0 Å². The fourth-order valence-corrected chi connectivity index (χ4v) is 3.34. The minimum Gasteiger partial charge on any atom is -0.449 e. The summed E-state index contributed by atoms with van der Waals surface area (Å²) < 4.78 is 31.0. The first kappa shape index (κ1) is 22.2. The molecule has 2 aromatic carbocycles. The van der Waals surface area contributed by atoms with E-state index >= 15 is 0 Å². The monoisotopic (exact) mass is 444 g/mol. The maximum Gasteiger partial charge on any atom is 0.340 e. The molecule has 0 aromatic heterocycles. The minimum absolute atomic E-state index is 0.00345. The summed E-state index contributed by atoms with van der Waals surface area (Å²) in [6.45, 7) is 1.55. The molecule has 0 heterocycles. The smallest absolute Gasteiger partial charge is 0.340 e. The molecule has 0 aliphatic heterocycles. The summed E-state index contributed by atoms with van der Waals surface area (Å²) in [6, 6.07) is 10.6. The lowest BCUT2D eigenvalue weighted by Crippen LogP contribution is -2.35. The summed E-state index contributed by atoms with van der Waals surface area (Å²) in [5, 5.41) is 3.12. The molecule has 1 amide bonds. The second kappa shape index (κ2) is 9.38. The van der Waals surface area contributed by atoms with Crippen molar-refractivity contribution < 1.29 is 22.7 Å². The molecule has 7 nitrogen and oxygen atoms in total. The molecular formula is C18H18Cl2N2O5S. The third-order valence-corrected chi connectivity index (χ3v) is 5.91. The summed E-state index contributed by atoms with van der Waals surface area (Å²) in [7, 11) is -2.52. The highest BCUT2D eigenvalue weighted by atomic mass is 35.5. The number of rotatable bonds is 7. The Morgan fingerprint density at radius 1 is 1.11 bits per heavy atom. The summed E-state index contributed by atoms with van der Waals surface area (Å²) in [5.41, 5.74) is 0.549. The van der Waals surface area contributed by atoms with Crippen LogP contribution < -0.4 is 10.0 Å². The Labute approximate surface area is 173 Å². The fraction of sp³-hybridized carbons (Fsp3) is 0.222. The van der Waals surface area contributed by atoms with Crippen molar-refractivity contribution >= 4 is 45.1 Å². The molecule has 2 aromatic rings. The quantitative estimate of drug-likeness (QED) is 0.639. The van der Waals surface area contributed by atoms with Crippen molar-refractivity contribution in [3.8, 4) is 0 Å². The van der Waals surface area contributed by atoms with Crippen molar-refractivity contribution in [2.24, 2.45) is 0 Å². The SMILES string of the molecule is CNS(=O)(=O)c1ccc(Cl)c(C(=O)OC(C)C(=O)NCc2ccccc2Cl)c1. The molecule has 0 aliphatic carbocycles. The second-order valence-corrected chi connectivity index (χ2v) is 8.41. The zero-order chi connectivity index (χ0) is 20.9. The normalized spacial score (nSPS) is 12.3. The van der Waals surface area contributed by atoms with Crippen LogP contribution in [0.1, 0.15) is 22.8 Å². The zero-order valence-corrected chi connectivity index (χ0v) is 17.4. The second-order valence-electron chi connectivity index (χ2n) is 5.71. The molecule has 0 saturated carbocycles. The molecule has 150 valence electrons. The molecule has 0 spiro atoms. The van der Waals surface area contributed by atoms with Gasteiger partial charge in [-0.25, -0.2) is 17.9 Å². The van der Waals surface area contributed by atoms with Crippen LogP contribution in [-0.4, -0.2) is 33.4 Å². The molecule has 1 atom stereocenters. The van der Waals surface area contributed by atoms with Gasteiger partial charge in [0.25, 0.3) is 5.91 Å². The number of carbonyl (C=O) groups is 2. The molecule has 0 radical (unpaired) electrons. The van der Waals surface area contributed by atoms with Gasteiger partial charge in [0.1, 0.15) is 0 Å². The van der Waals surface area contributed by atoms with Crippen LogP contribution in [-0.2, 0) is 26.1 Å². The van der Waals surface area contributed by atoms with E-state index in [1.165, 1.54) is 26.1 Å². The van der Waals surface area contributed by atoms with Crippen LogP contribution in [0, 0.1) is 0 Å². The molecule has 0 saturated heterocycles. The van der Waals surface area contributed by atoms with Crippen molar-refractivity contribution in [3.05, 3.63) is 63.6 Å². The van der Waals surface area contributed by atoms with E-state index in [0.717, 1.165) is 6.07 Å². The lowest BCUT2D eigenvalue weighted by Gasteiger charge is -2.15. The highest BCUT2D eigenvalue weighted by Crippen LogP contribution is 2.22. The maximum atomic E-state index is 12.4. The first-order chi connectivity index (χ1) is 13.2. The van der Waals surface area contributed by atoms with Gasteiger partial charge < -0.3 is 10.1 Å². The number of nitrogens with one attached hydrogen (secondary N) is 2. The number of hydrogen-bond acceptors (Lipinski definition) is 5. The number of carbonyl (C=O) groups excluding carboxylic acids is 2. The third kappa shape index (κ3) is 5.45. The van der Waals surface area contributed by atoms with Gasteiger partial charge in [-0.15, -0.1) is 0 Å². The highest BCUT2D eigenvalue weighted by molar-refractivity contribution is 7.89. The first-order valence-electron chi connectivity index (χ1n) is 8.11. The van der Waals surface area contributed by atoms with Crippen molar-refractivity contribution in [3.63, 3.8) is 0 Å². The molecule has 10 heteroatoms. The Morgan fingerprint density at radius 2 is 1.79 bits per heavy atom. The van der Waals surface area contributed by atoms with Gasteiger partial charge >= 0.3 is 5.97 Å². The summed E-state index contributed by atoms with van der Waals surface area (Å²) >= 11 is 12.0. The summed E-state index contributed by atoms with van der Waals surface area (Å²) in [5.74, 6) is -1.46. The predicted octanol–water partition coefficient (Wildman–Crippen LogP) is 2.76. The van der Waals surface area contributed by atoms with E-state index in [1.54, 1.807) is 24.3 Å². The van der Waals surface area contributed by atoms with Crippen molar-refractivity contribution in [1.29, 1.82) is 0 Å². The van der Waals surface area contributed by atoms with Gasteiger partial charge in [0.05, 0.1) is 15.5 Å². The molecule has 1 unspecified atom stereocenters. The van der Waals surface area contributed by atoms with Crippen LogP contribution in [0.3, 0.4) is 0 Å². The van der Waals surface area contributed by atoms with Crippen molar-refractivity contribution in [1.82, 2.24) is 10.0 Å². The number of benzene rings is 2. The Morgan fingerprint density at radius 3 is 2.43 bits per heavy atom. The number of ether oxygens (including phenoxy) is 1. The van der Waals surface area contributed by atoms with Gasteiger partial charge in [-0.3, -0.25) is 4.79 Å². The fourth-order valence-electron chi connectivity index (χ4n) is 2.19. The van der Waals surface area contributed by atoms with Crippen LogP contribution in [0.4, 0.5) is 0 Å². The molecule has 2 N–H and O–H groups in total. The zero-order valence-electron chi connectivity index (χ0n) is 15.0. The van der Waals surface area contributed by atoms with E-state index in [9.17, 15) is 18.0 Å². The van der Waals surface area contributed by atoms with Crippen LogP contribution in [0.5, 0.6) is 0 Å². The van der Waals surface area contributed by atoms with Gasteiger partial charge in [0, 0.05) is 11.6 Å². The maximum absolute atomic E-state index is 12.4. The Hall–Kier alpha value is -2.13. The number of esters is 1. The first-order valence-corrected chi connectivity index (χ1v) is 10.3. The Kier molecular flexibility index (Phi) is 7.42. The molecule has 28 heavy (non-hydrogen) atoms. The Balaban J connectivity index is 2.06. The van der Waals surface area contributed by atoms with Crippen LogP contribution in [0.2, 0.25) is 10.0 Å². The van der Waals surface area contributed by atoms with E-state index in [1.807, 2.05) is 0 Å². The number of halogens is 2. The average molecular weight is 445 g/mol. The molecular weight excluding hydrogens is 427 g/mol. The highest BCUT2D eigenvalue weighted by Gasteiger charge is 2.23. The van der Waals surface area contributed by atoms with Crippen LogP contribution in [0.25, 0.3) is 0 Å². The Bertz CT molecular complexity index is 995. The molecule has 0 fully saturated rings. The standard InChI is InChI=1S/C18H18Cl2N2O5S/c1-11(17(23)22-10-12-5-3-4-6-15(12)19)27-18(24)14-9-13(7-8-16(14)20)28(25,26)21-2/h3-9,11,21H,10H2,1-2H3,(H,22,23). The topological polar surface area (TPSA) is 102 Å². The van der Waals surface area contributed by atoms with Crippen molar-refractivity contribution in [2.45, 2.75) is 24.5 Å². The van der Waals surface area contributed by atoms with E-state index in [-0.39, 0.29) is 22.0 Å². The van der Waals surface area contributed by atoms with Crippen molar-refractivity contribution in [2.75, 3.05) is 7.05 Å². The summed E-state index contributed by atoms with van der Waals surface area (Å²) in [4.78, 5) is 24.4. The molecule has 2 rings (SSSR count). The van der Waals surface area contributed by atoms with Gasteiger partial charge in [-0.05, 0) is 43.8 Å². The minimum atomic E-state index is -3.77. The lowest BCUT2D eigenvalue weighted by atomic mass is 10.2. The molecule has 0 bridgehead atoms. The van der Waals surface area contributed by atoms with Gasteiger partial charge in [-0.1, -0.05) is 41.4 Å². The van der Waals surface area contributed by atoms with Gasteiger partial charge in [0.15, 0.2) is 6.10 Å². The number of sulfonamides is 1. The number of amides is 1. The molecule has 0 aliphatic rings. The van der Waals surface area contributed by atoms with E-state index in [0.29, 0.717) is 10.6 Å². The van der Waals surface area contributed by atoms with E-state index in [4.69, 9.17) is 27.9 Å². The van der Waals surface area contributed by atoms with E-state index < -0.39 is 28.0 Å². The largest absolute Gasteiger partial charge is 0.449 e. The van der Waals surface area contributed by atoms with Crippen LogP contribution >= 0.6 is 23.2 Å². The van der Waals surface area contributed by atoms with E-state index in [2.05, 4.69) is 10.0 Å². The predicted molar refractivity (Wildman–Crippen MR) is 106 cm³/mol. The third-order valence-electron chi connectivity index (χ3n) is 3.80. The lowest BCUT2D eigenvalue weighted by molar-refractivity contribution is -0.129. The van der Waals surface area contributed by atoms with Crippen LogP contribution in [0.15, 0.2) is 47.4 Å². The summed E-state index contributed by atoms with van der Waals surface area (Å²) in [6.07, 6.45) is -1.13. The average Bonchev–Trinajstić information content (AvgIpc) is 2.67. The number of hydrogen-bond donors (Lipinski definition) is 2.